The zero-order valence-electron chi connectivity index (χ0n) is 44.6. The normalized spacial score (nSPS) is 27.4. The molecule has 8 aromatic carbocycles. The van der Waals surface area contributed by atoms with Gasteiger partial charge in [-0.05, 0) is 244 Å². The van der Waals surface area contributed by atoms with E-state index in [0.717, 1.165) is 46.7 Å². The van der Waals surface area contributed by atoms with Crippen LogP contribution in [-0.2, 0) is 16.2 Å². The maximum absolute atomic E-state index is 7.46. The van der Waals surface area contributed by atoms with E-state index in [1.807, 2.05) is 11.3 Å². The molecule has 0 amide bonds. The maximum Gasteiger partial charge on any atom is 0.334 e. The third kappa shape index (κ3) is 5.80. The van der Waals surface area contributed by atoms with E-state index >= 15 is 0 Å². The molecule has 8 aliphatic carbocycles. The van der Waals surface area contributed by atoms with Gasteiger partial charge in [0, 0.05) is 48.4 Å². The van der Waals surface area contributed by atoms with Crippen molar-refractivity contribution in [2.45, 2.75) is 114 Å². The monoisotopic (exact) mass is 1010 g/mol. The van der Waals surface area contributed by atoms with Gasteiger partial charge in [0.05, 0.1) is 16.4 Å². The van der Waals surface area contributed by atoms with Gasteiger partial charge in [-0.2, -0.15) is 0 Å². The summed E-state index contributed by atoms with van der Waals surface area (Å²) in [6, 6.07) is 57.8. The molecule has 5 heteroatoms. The Morgan fingerprint density at radius 3 is 1.86 bits per heavy atom. The minimum atomic E-state index is -0.0869. The number of thiophene rings is 1. The van der Waals surface area contributed by atoms with Gasteiger partial charge in [0.15, 0.2) is 5.58 Å². The zero-order chi connectivity index (χ0) is 50.4. The van der Waals surface area contributed by atoms with Crippen molar-refractivity contribution in [3.63, 3.8) is 0 Å². The fourth-order valence-corrected chi connectivity index (χ4v) is 21.1. The third-order valence-electron chi connectivity index (χ3n) is 22.2. The van der Waals surface area contributed by atoms with Crippen LogP contribution in [0.5, 0.6) is 0 Å². The number of hydrogen-bond acceptors (Lipinski definition) is 3. The van der Waals surface area contributed by atoms with Crippen molar-refractivity contribution in [3.8, 4) is 22.3 Å². The number of furan rings is 1. The molecular weight excluding hydrogens is 952 g/mol. The summed E-state index contributed by atoms with van der Waals surface area (Å²) in [4.78, 5) is 2.71. The number of para-hydroxylation sites is 1. The average molecular weight is 1020 g/mol. The van der Waals surface area contributed by atoms with Crippen LogP contribution in [0.2, 0.25) is 0 Å². The van der Waals surface area contributed by atoms with Crippen molar-refractivity contribution in [2.24, 2.45) is 35.5 Å². The highest BCUT2D eigenvalue weighted by atomic mass is 32.1. The van der Waals surface area contributed by atoms with Gasteiger partial charge in [-0.25, -0.2) is 0 Å². The lowest BCUT2D eigenvalue weighted by Gasteiger charge is -2.57. The van der Waals surface area contributed by atoms with Crippen LogP contribution in [0.25, 0.3) is 86.9 Å². The molecule has 77 heavy (non-hydrogen) atoms. The van der Waals surface area contributed by atoms with Crippen LogP contribution < -0.4 is 15.8 Å². The van der Waals surface area contributed by atoms with Gasteiger partial charge in [-0.3, -0.25) is 4.90 Å². The van der Waals surface area contributed by atoms with Gasteiger partial charge in [0.2, 0.25) is 0 Å². The molecule has 2 aliphatic heterocycles. The largest absolute Gasteiger partial charge is 0.454 e. The SMILES string of the molecule is CC(C)(C)c1ccc(N2c3sc4cc5ccccc5cc4c3B3c4c(cc5c(oc6ccccc65)c42)-c2cc(C45CC6CC(CC(C6)C4)C5)cc4c5cc(C67CC8CC(CC(C8)C6)C7)ccc5n3c24)c(-c2ccccc2)c1. The molecule has 11 aromatic rings. The molecule has 3 aromatic heterocycles. The van der Waals surface area contributed by atoms with Crippen LogP contribution in [0, 0.1) is 35.5 Å². The number of aromatic nitrogens is 1. The van der Waals surface area contributed by atoms with Crippen LogP contribution in [0.15, 0.2) is 150 Å². The number of fused-ring (bicyclic) bond motifs is 14. The molecule has 0 atom stereocenters. The molecule has 0 spiro atoms. The summed E-state index contributed by atoms with van der Waals surface area (Å²) in [5.74, 6) is 5.28. The molecule has 21 rings (SSSR count). The van der Waals surface area contributed by atoms with Gasteiger partial charge in [-0.1, -0.05) is 106 Å². The molecule has 8 saturated carbocycles. The second-order valence-electron chi connectivity index (χ2n) is 27.7. The van der Waals surface area contributed by atoms with Crippen molar-refractivity contribution < 1.29 is 4.42 Å². The predicted octanol–water partition coefficient (Wildman–Crippen LogP) is 18.4. The summed E-state index contributed by atoms with van der Waals surface area (Å²) in [6.07, 6.45) is 17.0. The molecule has 8 bridgehead atoms. The minimum absolute atomic E-state index is 0.0373. The first kappa shape index (κ1) is 43.4. The quantitative estimate of drug-likeness (QED) is 0.164. The highest BCUT2D eigenvalue weighted by Crippen LogP contribution is 2.64. The Morgan fingerprint density at radius 2 is 1.16 bits per heavy atom. The summed E-state index contributed by atoms with van der Waals surface area (Å²) in [6.45, 7) is 6.97. The summed E-state index contributed by atoms with van der Waals surface area (Å²) >= 11 is 1.98. The van der Waals surface area contributed by atoms with Crippen molar-refractivity contribution in [1.29, 1.82) is 0 Å². The Balaban J connectivity index is 0.977. The van der Waals surface area contributed by atoms with E-state index in [2.05, 4.69) is 176 Å². The lowest BCUT2D eigenvalue weighted by Crippen LogP contribution is -2.56. The first-order chi connectivity index (χ1) is 37.6. The summed E-state index contributed by atoms with van der Waals surface area (Å²) < 4.78 is 11.7. The molecule has 0 radical (unpaired) electrons. The lowest BCUT2D eigenvalue weighted by molar-refractivity contribution is -0.00527. The number of hydrogen-bond donors (Lipinski definition) is 0. The van der Waals surface area contributed by atoms with Crippen LogP contribution in [0.3, 0.4) is 0 Å². The van der Waals surface area contributed by atoms with Crippen LogP contribution in [-0.4, -0.2) is 11.3 Å². The number of benzene rings is 8. The second kappa shape index (κ2) is 14.8. The van der Waals surface area contributed by atoms with Gasteiger partial charge in [0.1, 0.15) is 5.58 Å². The van der Waals surface area contributed by atoms with Crippen LogP contribution >= 0.6 is 11.3 Å². The topological polar surface area (TPSA) is 21.3 Å². The lowest BCUT2D eigenvalue weighted by atomic mass is 9.45. The molecule has 0 unspecified atom stereocenters. The Hall–Kier alpha value is -6.56. The van der Waals surface area contributed by atoms with Crippen molar-refractivity contribution >= 4 is 110 Å². The molecule has 8 fully saturated rings. The Bertz CT molecular complexity index is 4360. The van der Waals surface area contributed by atoms with E-state index in [4.69, 9.17) is 4.42 Å². The summed E-state index contributed by atoms with van der Waals surface area (Å²) in [7, 11) is 0. The van der Waals surface area contributed by atoms with Gasteiger partial charge < -0.3 is 8.90 Å². The number of nitrogens with zero attached hydrogens (tertiary/aromatic N) is 2. The van der Waals surface area contributed by atoms with Crippen LogP contribution in [0.4, 0.5) is 16.4 Å². The molecule has 376 valence electrons. The zero-order valence-corrected chi connectivity index (χ0v) is 45.4. The van der Waals surface area contributed by atoms with Gasteiger partial charge >= 0.3 is 6.85 Å². The number of rotatable bonds is 4. The summed E-state index contributed by atoms with van der Waals surface area (Å²) in [5.41, 5.74) is 20.4. The van der Waals surface area contributed by atoms with Crippen molar-refractivity contribution in [1.82, 2.24) is 4.48 Å². The van der Waals surface area contributed by atoms with Gasteiger partial charge in [-0.15, -0.1) is 11.3 Å². The standard InChI is InChI=1S/C72H63BN2OS/c1-70(2,3)49-17-19-60(53(29-49)46-11-5-4-6-12-46)74-67-64-55(33-58-52-15-9-10-16-62(52)76-68(58)67)57-32-51(72-37-43-24-44(38-72)26-45(25-43)39-72)31-56-54-30-50(71-34-40-21-41(35-71)23-42(22-40)36-71)18-20-61(54)75(66(56)57)73(64)65-59-27-47-13-7-8-14-48(47)28-63(59)77-69(65)74/h4-20,27-33,40-45H,21-26,34-39H2,1-3H3. The Morgan fingerprint density at radius 1 is 0.519 bits per heavy atom. The van der Waals surface area contributed by atoms with Crippen molar-refractivity contribution in [2.75, 3.05) is 4.90 Å². The van der Waals surface area contributed by atoms with Crippen LogP contribution in [0.1, 0.15) is 115 Å². The van der Waals surface area contributed by atoms with E-state index < -0.39 is 0 Å². The van der Waals surface area contributed by atoms with Crippen molar-refractivity contribution in [3.05, 3.63) is 162 Å². The molecule has 10 aliphatic rings. The van der Waals surface area contributed by atoms with E-state index in [1.54, 1.807) is 11.1 Å². The first-order valence-electron chi connectivity index (χ1n) is 29.7. The minimum Gasteiger partial charge on any atom is -0.454 e. The molecule has 3 nitrogen and oxygen atoms in total. The van der Waals surface area contributed by atoms with Gasteiger partial charge in [0.25, 0.3) is 0 Å². The first-order valence-corrected chi connectivity index (χ1v) is 30.5. The number of anilines is 3. The van der Waals surface area contributed by atoms with E-state index in [1.165, 1.54) is 186 Å². The average Bonchev–Trinajstić information content (AvgIpc) is 4.33. The highest BCUT2D eigenvalue weighted by molar-refractivity contribution is 7.26. The molecular formula is C72H63BN2OS. The molecule has 0 saturated heterocycles. The smallest absolute Gasteiger partial charge is 0.334 e. The second-order valence-corrected chi connectivity index (χ2v) is 28.7. The summed E-state index contributed by atoms with van der Waals surface area (Å²) in [5, 5.41) is 10.6. The molecule has 5 heterocycles. The fraction of sp³-hybridized carbons (Fsp3) is 0.333. The predicted molar refractivity (Wildman–Crippen MR) is 324 cm³/mol. The van der Waals surface area contributed by atoms with E-state index in [9.17, 15) is 0 Å². The van der Waals surface area contributed by atoms with E-state index in [0.29, 0.717) is 5.41 Å². The Kier molecular flexibility index (Phi) is 8.33. The van der Waals surface area contributed by atoms with E-state index in [-0.39, 0.29) is 17.7 Å². The third-order valence-corrected chi connectivity index (χ3v) is 23.3. The highest BCUT2D eigenvalue weighted by Gasteiger charge is 2.55. The fourth-order valence-electron chi connectivity index (χ4n) is 19.8. The molecule has 0 N–H and O–H groups in total. The Labute approximate surface area is 455 Å². The maximum atomic E-state index is 7.46.